The molecular weight excluding hydrogens is 225 g/mol. The van der Waals surface area contributed by atoms with E-state index in [9.17, 15) is 22.8 Å². The van der Waals surface area contributed by atoms with Gasteiger partial charge in [-0.25, -0.2) is 0 Å². The third-order valence-corrected chi connectivity index (χ3v) is 2.39. The van der Waals surface area contributed by atoms with E-state index in [0.717, 1.165) is 4.90 Å². The van der Waals surface area contributed by atoms with Crippen molar-refractivity contribution >= 4 is 11.8 Å². The Balaban J connectivity index is 2.59. The van der Waals surface area contributed by atoms with Gasteiger partial charge >= 0.3 is 6.18 Å². The van der Waals surface area contributed by atoms with Crippen LogP contribution in [0.25, 0.3) is 0 Å². The van der Waals surface area contributed by atoms with Crippen LogP contribution in [-0.4, -0.2) is 42.5 Å². The lowest BCUT2D eigenvalue weighted by Crippen LogP contribution is -2.42. The van der Waals surface area contributed by atoms with Crippen LogP contribution in [0.1, 0.15) is 13.3 Å². The normalized spacial score (nSPS) is 20.8. The molecule has 0 radical (unpaired) electrons. The number of amides is 2. The van der Waals surface area contributed by atoms with E-state index in [2.05, 4.69) is 5.32 Å². The number of halogens is 3. The van der Waals surface area contributed by atoms with E-state index in [-0.39, 0.29) is 25.4 Å². The van der Waals surface area contributed by atoms with Crippen LogP contribution in [0.2, 0.25) is 0 Å². The Morgan fingerprint density at radius 1 is 1.56 bits per heavy atom. The summed E-state index contributed by atoms with van der Waals surface area (Å²) in [6.45, 7) is 0.343. The topological polar surface area (TPSA) is 49.4 Å². The van der Waals surface area contributed by atoms with Crippen molar-refractivity contribution in [2.45, 2.75) is 19.5 Å². The molecule has 0 aromatic carbocycles. The molecule has 1 atom stereocenters. The predicted molar refractivity (Wildman–Crippen MR) is 49.4 cm³/mol. The van der Waals surface area contributed by atoms with E-state index < -0.39 is 24.5 Å². The Morgan fingerprint density at radius 3 is 2.56 bits per heavy atom. The van der Waals surface area contributed by atoms with E-state index in [0.29, 0.717) is 0 Å². The minimum absolute atomic E-state index is 0.0109. The van der Waals surface area contributed by atoms with Crippen LogP contribution in [-0.2, 0) is 9.59 Å². The lowest BCUT2D eigenvalue weighted by molar-refractivity contribution is -0.163. The standard InChI is InChI=1S/C9H13F3N2O2/c1-2-14(5-9(10,11)12)8(16)6-3-7(15)13-4-6/h6H,2-5H2,1H3,(H,13,15). The molecule has 0 spiro atoms. The second-order valence-corrected chi connectivity index (χ2v) is 3.67. The van der Waals surface area contributed by atoms with Gasteiger partial charge < -0.3 is 10.2 Å². The molecule has 92 valence electrons. The molecule has 1 heterocycles. The van der Waals surface area contributed by atoms with Crippen LogP contribution in [0.3, 0.4) is 0 Å². The summed E-state index contributed by atoms with van der Waals surface area (Å²) in [4.78, 5) is 23.2. The van der Waals surface area contributed by atoms with Gasteiger partial charge in [-0.15, -0.1) is 0 Å². The summed E-state index contributed by atoms with van der Waals surface area (Å²) in [5.41, 5.74) is 0. The smallest absolute Gasteiger partial charge is 0.355 e. The summed E-state index contributed by atoms with van der Waals surface area (Å²) >= 11 is 0. The second-order valence-electron chi connectivity index (χ2n) is 3.67. The first-order valence-electron chi connectivity index (χ1n) is 4.95. The quantitative estimate of drug-likeness (QED) is 0.779. The number of carbonyl (C=O) groups is 2. The molecule has 0 aliphatic carbocycles. The zero-order valence-electron chi connectivity index (χ0n) is 8.80. The molecule has 1 N–H and O–H groups in total. The van der Waals surface area contributed by atoms with Crippen LogP contribution in [0, 0.1) is 5.92 Å². The fraction of sp³-hybridized carbons (Fsp3) is 0.778. The van der Waals surface area contributed by atoms with Gasteiger partial charge in [0.1, 0.15) is 6.54 Å². The molecule has 7 heteroatoms. The van der Waals surface area contributed by atoms with Crippen LogP contribution in [0.4, 0.5) is 13.2 Å². The van der Waals surface area contributed by atoms with E-state index in [4.69, 9.17) is 0 Å². The van der Waals surface area contributed by atoms with Crippen LogP contribution in [0.15, 0.2) is 0 Å². The van der Waals surface area contributed by atoms with Crippen molar-refractivity contribution < 1.29 is 22.8 Å². The Labute approximate surface area is 90.8 Å². The zero-order valence-corrected chi connectivity index (χ0v) is 8.80. The van der Waals surface area contributed by atoms with Crippen LogP contribution in [0.5, 0.6) is 0 Å². The Morgan fingerprint density at radius 2 is 2.19 bits per heavy atom. The number of alkyl halides is 3. The van der Waals surface area contributed by atoms with Gasteiger partial charge in [0.25, 0.3) is 0 Å². The van der Waals surface area contributed by atoms with Gasteiger partial charge in [0.2, 0.25) is 11.8 Å². The van der Waals surface area contributed by atoms with Crippen molar-refractivity contribution in [2.24, 2.45) is 5.92 Å². The molecule has 1 saturated heterocycles. The van der Waals surface area contributed by atoms with E-state index >= 15 is 0 Å². The molecule has 1 rings (SSSR count). The molecule has 0 aromatic heterocycles. The third-order valence-electron chi connectivity index (χ3n) is 2.39. The van der Waals surface area contributed by atoms with Gasteiger partial charge in [-0.05, 0) is 6.92 Å². The fourth-order valence-electron chi connectivity index (χ4n) is 1.60. The molecule has 1 aliphatic rings. The number of nitrogens with zero attached hydrogens (tertiary/aromatic N) is 1. The largest absolute Gasteiger partial charge is 0.406 e. The maximum atomic E-state index is 12.1. The highest BCUT2D eigenvalue weighted by molar-refractivity contribution is 5.89. The summed E-state index contributed by atoms with van der Waals surface area (Å²) < 4.78 is 36.4. The lowest BCUT2D eigenvalue weighted by atomic mass is 10.1. The molecule has 4 nitrogen and oxygen atoms in total. The molecule has 1 fully saturated rings. The van der Waals surface area contributed by atoms with Crippen molar-refractivity contribution in [2.75, 3.05) is 19.6 Å². The average Bonchev–Trinajstić information content (AvgIpc) is 2.58. The maximum Gasteiger partial charge on any atom is 0.406 e. The van der Waals surface area contributed by atoms with Crippen molar-refractivity contribution in [3.63, 3.8) is 0 Å². The average molecular weight is 238 g/mol. The van der Waals surface area contributed by atoms with Gasteiger partial charge in [-0.3, -0.25) is 9.59 Å². The highest BCUT2D eigenvalue weighted by Crippen LogP contribution is 2.19. The Kier molecular flexibility index (Phi) is 3.77. The molecule has 0 saturated carbocycles. The lowest BCUT2D eigenvalue weighted by Gasteiger charge is -2.24. The number of rotatable bonds is 3. The van der Waals surface area contributed by atoms with Crippen LogP contribution < -0.4 is 5.32 Å². The molecule has 0 aromatic rings. The first-order chi connectivity index (χ1) is 7.33. The monoisotopic (exact) mass is 238 g/mol. The van der Waals surface area contributed by atoms with E-state index in [1.54, 1.807) is 0 Å². The minimum Gasteiger partial charge on any atom is -0.355 e. The third kappa shape index (κ3) is 3.39. The molecule has 0 bridgehead atoms. The second kappa shape index (κ2) is 4.71. The summed E-state index contributed by atoms with van der Waals surface area (Å²) in [5, 5.41) is 2.42. The summed E-state index contributed by atoms with van der Waals surface area (Å²) in [5.74, 6) is -1.56. The summed E-state index contributed by atoms with van der Waals surface area (Å²) in [6, 6.07) is 0. The molecular formula is C9H13F3N2O2. The first-order valence-corrected chi connectivity index (χ1v) is 4.95. The summed E-state index contributed by atoms with van der Waals surface area (Å²) in [7, 11) is 0. The first kappa shape index (κ1) is 12.8. The maximum absolute atomic E-state index is 12.1. The van der Waals surface area contributed by atoms with Gasteiger partial charge in [0.15, 0.2) is 0 Å². The van der Waals surface area contributed by atoms with E-state index in [1.165, 1.54) is 6.92 Å². The molecule has 16 heavy (non-hydrogen) atoms. The number of hydrogen-bond acceptors (Lipinski definition) is 2. The summed E-state index contributed by atoms with van der Waals surface area (Å²) in [6.07, 6.45) is -4.42. The zero-order chi connectivity index (χ0) is 12.3. The van der Waals surface area contributed by atoms with Crippen molar-refractivity contribution in [3.05, 3.63) is 0 Å². The highest BCUT2D eigenvalue weighted by Gasteiger charge is 2.36. The van der Waals surface area contributed by atoms with Gasteiger partial charge in [-0.2, -0.15) is 13.2 Å². The highest BCUT2D eigenvalue weighted by atomic mass is 19.4. The molecule has 1 unspecified atom stereocenters. The minimum atomic E-state index is -4.40. The van der Waals surface area contributed by atoms with Gasteiger partial charge in [0.05, 0.1) is 5.92 Å². The fourth-order valence-corrected chi connectivity index (χ4v) is 1.60. The van der Waals surface area contributed by atoms with Gasteiger partial charge in [-0.1, -0.05) is 0 Å². The molecule has 2 amide bonds. The number of nitrogens with one attached hydrogen (secondary N) is 1. The number of hydrogen-bond donors (Lipinski definition) is 1. The van der Waals surface area contributed by atoms with Crippen molar-refractivity contribution in [1.82, 2.24) is 10.2 Å². The van der Waals surface area contributed by atoms with Gasteiger partial charge in [0, 0.05) is 19.5 Å². The van der Waals surface area contributed by atoms with Crippen LogP contribution >= 0.6 is 0 Å². The predicted octanol–water partition coefficient (Wildman–Crippen LogP) is 0.533. The van der Waals surface area contributed by atoms with Crippen molar-refractivity contribution in [1.29, 1.82) is 0 Å². The Hall–Kier alpha value is -1.27. The van der Waals surface area contributed by atoms with E-state index in [1.807, 2.05) is 0 Å². The Bertz CT molecular complexity index is 291. The number of carbonyl (C=O) groups excluding carboxylic acids is 2. The SMILES string of the molecule is CCN(CC(F)(F)F)C(=O)C1CNC(=O)C1. The van der Waals surface area contributed by atoms with Crippen molar-refractivity contribution in [3.8, 4) is 0 Å². The molecule has 1 aliphatic heterocycles.